The average molecular weight is 332 g/mol. The number of fused-ring (bicyclic) bond motifs is 1. The molecule has 0 fully saturated rings. The molecule has 2 aromatic heterocycles. The summed E-state index contributed by atoms with van der Waals surface area (Å²) in [6, 6.07) is 12.5. The summed E-state index contributed by atoms with van der Waals surface area (Å²) in [5, 5.41) is 12.9. The molecule has 0 atom stereocenters. The molecule has 0 aliphatic rings. The lowest BCUT2D eigenvalue weighted by atomic mass is 10.3. The zero-order valence-electron chi connectivity index (χ0n) is 11.2. The van der Waals surface area contributed by atoms with Gasteiger partial charge < -0.3 is 5.21 Å². The quantitative estimate of drug-likeness (QED) is 0.346. The molecule has 2 heterocycles. The first kappa shape index (κ1) is 14.6. The standard InChI is InChI=1S/C15H10ClN3O2S/c16-10-4-6-11(7-5-10)22-14-12(9-17-21)15(20)19-8-2-1-3-13(19)18-14/h1-9,21H/b17-9-. The second-order valence-electron chi connectivity index (χ2n) is 4.37. The lowest BCUT2D eigenvalue weighted by molar-refractivity contribution is 0.321. The number of benzene rings is 1. The number of rotatable bonds is 3. The number of halogens is 1. The molecule has 110 valence electrons. The van der Waals surface area contributed by atoms with Gasteiger partial charge in [-0.15, -0.1) is 0 Å². The Morgan fingerprint density at radius 2 is 2.00 bits per heavy atom. The van der Waals surface area contributed by atoms with Crippen LogP contribution in [0.25, 0.3) is 5.65 Å². The maximum Gasteiger partial charge on any atom is 0.267 e. The monoisotopic (exact) mass is 331 g/mol. The van der Waals surface area contributed by atoms with E-state index in [0.29, 0.717) is 15.7 Å². The number of hydrogen-bond donors (Lipinski definition) is 1. The van der Waals surface area contributed by atoms with Crippen molar-refractivity contribution < 1.29 is 5.21 Å². The summed E-state index contributed by atoms with van der Waals surface area (Å²) in [7, 11) is 0. The van der Waals surface area contributed by atoms with Crippen LogP contribution >= 0.6 is 23.4 Å². The first-order valence-corrected chi connectivity index (χ1v) is 7.51. The molecule has 0 spiro atoms. The van der Waals surface area contributed by atoms with Gasteiger partial charge in [-0.05, 0) is 36.4 Å². The highest BCUT2D eigenvalue weighted by Gasteiger charge is 2.12. The van der Waals surface area contributed by atoms with Gasteiger partial charge in [0.05, 0.1) is 11.8 Å². The molecule has 0 aliphatic heterocycles. The summed E-state index contributed by atoms with van der Waals surface area (Å²) >= 11 is 7.17. The molecule has 1 aromatic carbocycles. The summed E-state index contributed by atoms with van der Waals surface area (Å²) in [6.45, 7) is 0. The molecule has 0 unspecified atom stereocenters. The Labute approximate surface area is 134 Å². The second kappa shape index (κ2) is 6.21. The molecule has 0 amide bonds. The molecule has 3 aromatic rings. The number of aromatic nitrogens is 2. The number of pyridine rings is 1. The van der Waals surface area contributed by atoms with E-state index in [9.17, 15) is 4.79 Å². The van der Waals surface area contributed by atoms with E-state index < -0.39 is 0 Å². The van der Waals surface area contributed by atoms with Gasteiger partial charge in [0.2, 0.25) is 0 Å². The average Bonchev–Trinajstić information content (AvgIpc) is 2.53. The van der Waals surface area contributed by atoms with Gasteiger partial charge in [-0.1, -0.05) is 34.6 Å². The van der Waals surface area contributed by atoms with Gasteiger partial charge in [0.1, 0.15) is 10.7 Å². The Hall–Kier alpha value is -2.31. The van der Waals surface area contributed by atoms with Crippen LogP contribution in [0.5, 0.6) is 0 Å². The van der Waals surface area contributed by atoms with Gasteiger partial charge in [0.15, 0.2) is 0 Å². The molecular formula is C15H10ClN3O2S. The van der Waals surface area contributed by atoms with Crippen LogP contribution in [0.1, 0.15) is 5.56 Å². The van der Waals surface area contributed by atoms with Gasteiger partial charge >= 0.3 is 0 Å². The molecule has 0 bridgehead atoms. The maximum absolute atomic E-state index is 12.5. The Kier molecular flexibility index (Phi) is 4.13. The fraction of sp³-hybridized carbons (Fsp3) is 0. The van der Waals surface area contributed by atoms with E-state index in [4.69, 9.17) is 16.8 Å². The summed E-state index contributed by atoms with van der Waals surface area (Å²) in [5.41, 5.74) is 0.463. The predicted molar refractivity (Wildman–Crippen MR) is 86.4 cm³/mol. The highest BCUT2D eigenvalue weighted by Crippen LogP contribution is 2.28. The summed E-state index contributed by atoms with van der Waals surface area (Å²) in [5.74, 6) is 0. The van der Waals surface area contributed by atoms with E-state index in [-0.39, 0.29) is 11.1 Å². The van der Waals surface area contributed by atoms with E-state index in [2.05, 4.69) is 10.1 Å². The third-order valence-corrected chi connectivity index (χ3v) is 4.21. The highest BCUT2D eigenvalue weighted by atomic mass is 35.5. The van der Waals surface area contributed by atoms with Crippen LogP contribution in [0.15, 0.2) is 68.5 Å². The van der Waals surface area contributed by atoms with Crippen LogP contribution < -0.4 is 5.56 Å². The van der Waals surface area contributed by atoms with E-state index in [1.54, 1.807) is 36.5 Å². The molecule has 22 heavy (non-hydrogen) atoms. The Bertz CT molecular complexity index is 907. The summed E-state index contributed by atoms with van der Waals surface area (Å²) < 4.78 is 1.41. The fourth-order valence-electron chi connectivity index (χ4n) is 1.94. The van der Waals surface area contributed by atoms with E-state index >= 15 is 0 Å². The van der Waals surface area contributed by atoms with Crippen molar-refractivity contribution in [1.29, 1.82) is 0 Å². The molecule has 0 aliphatic carbocycles. The Morgan fingerprint density at radius 1 is 1.23 bits per heavy atom. The van der Waals surface area contributed by atoms with Gasteiger partial charge in [0.25, 0.3) is 5.56 Å². The van der Waals surface area contributed by atoms with Crippen LogP contribution in [-0.2, 0) is 0 Å². The highest BCUT2D eigenvalue weighted by molar-refractivity contribution is 7.99. The van der Waals surface area contributed by atoms with Crippen molar-refractivity contribution in [2.24, 2.45) is 5.16 Å². The largest absolute Gasteiger partial charge is 0.411 e. The summed E-state index contributed by atoms with van der Waals surface area (Å²) in [4.78, 5) is 17.8. The SMILES string of the molecule is O=c1c(/C=N\O)c(Sc2ccc(Cl)cc2)nc2ccccn12. The van der Waals surface area contributed by atoms with E-state index in [0.717, 1.165) is 11.1 Å². The van der Waals surface area contributed by atoms with Crippen LogP contribution in [0.4, 0.5) is 0 Å². The molecule has 0 saturated heterocycles. The number of hydrogen-bond acceptors (Lipinski definition) is 5. The Balaban J connectivity index is 2.16. The first-order valence-electron chi connectivity index (χ1n) is 6.31. The molecule has 3 rings (SSSR count). The molecular weight excluding hydrogens is 322 g/mol. The number of oxime groups is 1. The fourth-order valence-corrected chi connectivity index (χ4v) is 2.95. The minimum absolute atomic E-state index is 0.228. The summed E-state index contributed by atoms with van der Waals surface area (Å²) in [6.07, 6.45) is 2.73. The maximum atomic E-state index is 12.5. The number of nitrogens with zero attached hydrogens (tertiary/aromatic N) is 3. The molecule has 1 N–H and O–H groups in total. The third-order valence-electron chi connectivity index (χ3n) is 2.95. The topological polar surface area (TPSA) is 67.0 Å². The van der Waals surface area contributed by atoms with Crippen molar-refractivity contribution in [3.8, 4) is 0 Å². The van der Waals surface area contributed by atoms with Crippen LogP contribution in [0, 0.1) is 0 Å². The molecule has 5 nitrogen and oxygen atoms in total. The molecule has 7 heteroatoms. The van der Waals surface area contributed by atoms with Crippen molar-refractivity contribution >= 4 is 35.2 Å². The smallest absolute Gasteiger partial charge is 0.267 e. The first-order chi connectivity index (χ1) is 10.7. The lowest BCUT2D eigenvalue weighted by Gasteiger charge is -2.07. The molecule has 0 saturated carbocycles. The van der Waals surface area contributed by atoms with Crippen molar-refractivity contribution in [3.63, 3.8) is 0 Å². The van der Waals surface area contributed by atoms with Crippen molar-refractivity contribution in [2.75, 3.05) is 0 Å². The van der Waals surface area contributed by atoms with E-state index in [1.165, 1.54) is 16.2 Å². The van der Waals surface area contributed by atoms with Crippen LogP contribution in [0.3, 0.4) is 0 Å². The van der Waals surface area contributed by atoms with Crippen molar-refractivity contribution in [3.05, 3.63) is 69.6 Å². The van der Waals surface area contributed by atoms with Crippen molar-refractivity contribution in [2.45, 2.75) is 9.92 Å². The van der Waals surface area contributed by atoms with Gasteiger partial charge in [0, 0.05) is 16.1 Å². The second-order valence-corrected chi connectivity index (χ2v) is 5.86. The normalized spacial score (nSPS) is 11.3. The minimum Gasteiger partial charge on any atom is -0.411 e. The van der Waals surface area contributed by atoms with Crippen molar-refractivity contribution in [1.82, 2.24) is 9.38 Å². The minimum atomic E-state index is -0.292. The Morgan fingerprint density at radius 3 is 2.73 bits per heavy atom. The van der Waals surface area contributed by atoms with Gasteiger partial charge in [-0.2, -0.15) is 0 Å². The van der Waals surface area contributed by atoms with Crippen LogP contribution in [-0.4, -0.2) is 20.8 Å². The lowest BCUT2D eigenvalue weighted by Crippen LogP contribution is -2.20. The predicted octanol–water partition coefficient (Wildman–Crippen LogP) is 3.31. The zero-order chi connectivity index (χ0) is 15.5. The zero-order valence-corrected chi connectivity index (χ0v) is 12.8. The van der Waals surface area contributed by atoms with E-state index in [1.807, 2.05) is 12.1 Å². The molecule has 0 radical (unpaired) electrons. The van der Waals surface area contributed by atoms with Gasteiger partial charge in [-0.3, -0.25) is 9.20 Å². The van der Waals surface area contributed by atoms with Gasteiger partial charge in [-0.25, -0.2) is 4.98 Å². The third kappa shape index (κ3) is 2.84. The van der Waals surface area contributed by atoms with Crippen LogP contribution in [0.2, 0.25) is 5.02 Å².